The van der Waals surface area contributed by atoms with Crippen LogP contribution in [-0.4, -0.2) is 58.5 Å². The number of ether oxygens (including phenoxy) is 1. The van der Waals surface area contributed by atoms with E-state index in [1.54, 1.807) is 0 Å². The summed E-state index contributed by atoms with van der Waals surface area (Å²) in [5.41, 5.74) is 0. The Bertz CT molecular complexity index is 457. The molecule has 0 spiro atoms. The minimum absolute atomic E-state index is 0. The molecule has 0 aliphatic carbocycles. The van der Waals surface area contributed by atoms with Crippen molar-refractivity contribution in [1.82, 2.24) is 15.4 Å². The second-order valence-corrected chi connectivity index (χ2v) is 7.12. The number of hydrogen-bond acceptors (Lipinski definition) is 4. The molecule has 3 N–H and O–H groups in total. The fraction of sp³-hybridized carbons (Fsp3) is 0.917. The molecule has 3 atom stereocenters. The highest BCUT2D eigenvalue weighted by molar-refractivity contribution is 14.0. The Labute approximate surface area is 143 Å². The van der Waals surface area contributed by atoms with Crippen molar-refractivity contribution in [3.63, 3.8) is 0 Å². The van der Waals surface area contributed by atoms with E-state index in [0.717, 1.165) is 38.0 Å². The summed E-state index contributed by atoms with van der Waals surface area (Å²) in [6.07, 6.45) is 5.13. The molecular weight excluding hydrogens is 407 g/mol. The van der Waals surface area contributed by atoms with Crippen LogP contribution in [0, 0.1) is 0 Å². The van der Waals surface area contributed by atoms with Crippen molar-refractivity contribution in [1.29, 1.82) is 0 Å². The number of sulfonamides is 1. The summed E-state index contributed by atoms with van der Waals surface area (Å²) in [7, 11) is -3.14. The number of nitrogens with zero attached hydrogens (tertiary/aromatic N) is 1. The molecule has 124 valence electrons. The van der Waals surface area contributed by atoms with Crippen LogP contribution in [0.2, 0.25) is 0 Å². The summed E-state index contributed by atoms with van der Waals surface area (Å²) < 4.78 is 30.1. The molecule has 0 aromatic heterocycles. The SMILES string of the molecule is CCNC(=NCCNS(C)(=O)=O)NC1CC2CCC1O2.I. The second kappa shape index (κ2) is 8.49. The maximum absolute atomic E-state index is 11.0. The Morgan fingerprint density at radius 2 is 2.14 bits per heavy atom. The molecule has 2 aliphatic rings. The van der Waals surface area contributed by atoms with E-state index in [2.05, 4.69) is 20.3 Å². The number of halogens is 1. The van der Waals surface area contributed by atoms with Crippen molar-refractivity contribution in [2.45, 2.75) is 44.4 Å². The van der Waals surface area contributed by atoms with Gasteiger partial charge in [-0.1, -0.05) is 0 Å². The molecule has 2 fully saturated rings. The number of hydrogen-bond donors (Lipinski definition) is 3. The maximum atomic E-state index is 11.0. The molecule has 2 saturated heterocycles. The molecule has 0 radical (unpaired) electrons. The predicted octanol–water partition coefficient (Wildman–Crippen LogP) is 0.0286. The third-order valence-corrected chi connectivity index (χ3v) is 4.25. The number of aliphatic imine (C=N–C) groups is 1. The first-order valence-corrected chi connectivity index (χ1v) is 9.02. The molecule has 2 rings (SSSR count). The quantitative estimate of drug-likeness (QED) is 0.239. The van der Waals surface area contributed by atoms with Crippen LogP contribution in [0.25, 0.3) is 0 Å². The first-order valence-electron chi connectivity index (χ1n) is 7.13. The molecular formula is C12H25IN4O3S. The van der Waals surface area contributed by atoms with Gasteiger partial charge in [0.25, 0.3) is 0 Å². The number of rotatable bonds is 6. The summed E-state index contributed by atoms with van der Waals surface area (Å²) in [6, 6.07) is 0.314. The van der Waals surface area contributed by atoms with Gasteiger partial charge in [0.1, 0.15) is 0 Å². The van der Waals surface area contributed by atoms with Crippen LogP contribution in [0.1, 0.15) is 26.2 Å². The maximum Gasteiger partial charge on any atom is 0.208 e. The molecule has 0 saturated carbocycles. The lowest BCUT2D eigenvalue weighted by atomic mass is 9.96. The molecule has 7 nitrogen and oxygen atoms in total. The van der Waals surface area contributed by atoms with Gasteiger partial charge in [0.05, 0.1) is 31.1 Å². The monoisotopic (exact) mass is 432 g/mol. The molecule has 2 bridgehead atoms. The molecule has 3 unspecified atom stereocenters. The second-order valence-electron chi connectivity index (χ2n) is 5.29. The normalized spacial score (nSPS) is 28.3. The van der Waals surface area contributed by atoms with Crippen LogP contribution >= 0.6 is 24.0 Å². The number of fused-ring (bicyclic) bond motifs is 2. The van der Waals surface area contributed by atoms with Crippen molar-refractivity contribution < 1.29 is 13.2 Å². The molecule has 21 heavy (non-hydrogen) atoms. The smallest absolute Gasteiger partial charge is 0.208 e. The van der Waals surface area contributed by atoms with Crippen LogP contribution in [0.4, 0.5) is 0 Å². The van der Waals surface area contributed by atoms with Crippen molar-refractivity contribution in [2.24, 2.45) is 4.99 Å². The van der Waals surface area contributed by atoms with Gasteiger partial charge in [-0.3, -0.25) is 4.99 Å². The van der Waals surface area contributed by atoms with Gasteiger partial charge < -0.3 is 15.4 Å². The largest absolute Gasteiger partial charge is 0.373 e. The van der Waals surface area contributed by atoms with Gasteiger partial charge in [-0.2, -0.15) is 0 Å². The van der Waals surface area contributed by atoms with Gasteiger partial charge in [-0.05, 0) is 26.2 Å². The fourth-order valence-corrected chi connectivity index (χ4v) is 3.15. The van der Waals surface area contributed by atoms with Gasteiger partial charge in [-0.25, -0.2) is 13.1 Å². The highest BCUT2D eigenvalue weighted by Gasteiger charge is 2.41. The van der Waals surface area contributed by atoms with Gasteiger partial charge >= 0.3 is 0 Å². The number of guanidine groups is 1. The van der Waals surface area contributed by atoms with Crippen LogP contribution in [-0.2, 0) is 14.8 Å². The van der Waals surface area contributed by atoms with Crippen LogP contribution in [0.5, 0.6) is 0 Å². The van der Waals surface area contributed by atoms with Crippen molar-refractivity contribution in [3.8, 4) is 0 Å². The minimum atomic E-state index is -3.14. The van der Waals surface area contributed by atoms with Gasteiger partial charge in [-0.15, -0.1) is 24.0 Å². The summed E-state index contributed by atoms with van der Waals surface area (Å²) in [6.45, 7) is 3.49. The van der Waals surface area contributed by atoms with E-state index in [1.165, 1.54) is 0 Å². The minimum Gasteiger partial charge on any atom is -0.373 e. The Morgan fingerprint density at radius 3 is 2.67 bits per heavy atom. The lowest BCUT2D eigenvalue weighted by Crippen LogP contribution is -2.47. The first-order chi connectivity index (χ1) is 9.48. The van der Waals surface area contributed by atoms with Crippen molar-refractivity contribution in [3.05, 3.63) is 0 Å². The highest BCUT2D eigenvalue weighted by atomic mass is 127. The van der Waals surface area contributed by atoms with E-state index in [0.29, 0.717) is 25.2 Å². The van der Waals surface area contributed by atoms with Gasteiger partial charge in [0.15, 0.2) is 5.96 Å². The lowest BCUT2D eigenvalue weighted by molar-refractivity contribution is 0.0992. The average Bonchev–Trinajstić information content (AvgIpc) is 2.95. The van der Waals surface area contributed by atoms with Crippen LogP contribution < -0.4 is 15.4 Å². The number of nitrogens with one attached hydrogen (secondary N) is 3. The first kappa shape index (κ1) is 18.9. The summed E-state index contributed by atoms with van der Waals surface area (Å²) in [5, 5.41) is 6.56. The molecule has 2 aliphatic heterocycles. The summed E-state index contributed by atoms with van der Waals surface area (Å²) in [4.78, 5) is 4.38. The van der Waals surface area contributed by atoms with E-state index < -0.39 is 10.0 Å². The van der Waals surface area contributed by atoms with E-state index in [4.69, 9.17) is 4.74 Å². The van der Waals surface area contributed by atoms with Crippen LogP contribution in [0.15, 0.2) is 4.99 Å². The predicted molar refractivity (Wildman–Crippen MR) is 93.7 cm³/mol. The summed E-state index contributed by atoms with van der Waals surface area (Å²) >= 11 is 0. The molecule has 0 amide bonds. The topological polar surface area (TPSA) is 91.8 Å². The van der Waals surface area contributed by atoms with E-state index in [1.807, 2.05) is 6.92 Å². The average molecular weight is 432 g/mol. The third-order valence-electron chi connectivity index (χ3n) is 3.52. The zero-order valence-electron chi connectivity index (χ0n) is 12.5. The van der Waals surface area contributed by atoms with E-state index >= 15 is 0 Å². The zero-order valence-corrected chi connectivity index (χ0v) is 15.6. The molecule has 2 heterocycles. The van der Waals surface area contributed by atoms with E-state index in [-0.39, 0.29) is 30.1 Å². The Hall–Kier alpha value is -0.130. The zero-order chi connectivity index (χ0) is 14.6. The van der Waals surface area contributed by atoms with Gasteiger partial charge in [0, 0.05) is 13.1 Å². The highest BCUT2D eigenvalue weighted by Crippen LogP contribution is 2.34. The summed E-state index contributed by atoms with van der Waals surface area (Å²) in [5.74, 6) is 0.726. The van der Waals surface area contributed by atoms with Crippen LogP contribution in [0.3, 0.4) is 0 Å². The van der Waals surface area contributed by atoms with Gasteiger partial charge in [0.2, 0.25) is 10.0 Å². The Morgan fingerprint density at radius 1 is 1.38 bits per heavy atom. The molecule has 0 aromatic carbocycles. The molecule has 9 heteroatoms. The lowest BCUT2D eigenvalue weighted by Gasteiger charge is -2.22. The third kappa shape index (κ3) is 6.25. The standard InChI is InChI=1S/C12H24N4O3S.HI/c1-3-13-12(14-6-7-15-20(2,17)18)16-10-8-9-4-5-11(10)19-9;/h9-11,15H,3-8H2,1-2H3,(H2,13,14,16);1H. The van der Waals surface area contributed by atoms with Crippen molar-refractivity contribution >= 4 is 40.0 Å². The fourth-order valence-electron chi connectivity index (χ4n) is 2.68. The molecule has 0 aromatic rings. The van der Waals surface area contributed by atoms with E-state index in [9.17, 15) is 8.42 Å². The Balaban J connectivity index is 0.00000220. The Kier molecular flexibility index (Phi) is 7.65. The van der Waals surface area contributed by atoms with Crippen molar-refractivity contribution in [2.75, 3.05) is 25.9 Å².